The summed E-state index contributed by atoms with van der Waals surface area (Å²) in [5.74, 6) is -0.108. The zero-order valence-electron chi connectivity index (χ0n) is 15.5. The van der Waals surface area contributed by atoms with Gasteiger partial charge in [0.15, 0.2) is 5.82 Å². The van der Waals surface area contributed by atoms with Crippen LogP contribution in [0.5, 0.6) is 0 Å². The van der Waals surface area contributed by atoms with Gasteiger partial charge in [0.05, 0.1) is 22.3 Å². The first kappa shape index (κ1) is 17.4. The summed E-state index contributed by atoms with van der Waals surface area (Å²) in [4.78, 5) is 7.74. The Morgan fingerprint density at radius 2 is 1.74 bits per heavy atom. The van der Waals surface area contributed by atoms with E-state index >= 15 is 0 Å². The fraction of sp³-hybridized carbons (Fsp3) is 0.238. The second kappa shape index (κ2) is 6.01. The first-order valence-electron chi connectivity index (χ1n) is 8.67. The Morgan fingerprint density at radius 3 is 2.37 bits per heavy atom. The van der Waals surface area contributed by atoms with Crippen molar-refractivity contribution < 1.29 is 13.3 Å². The van der Waals surface area contributed by atoms with Crippen molar-refractivity contribution in [3.8, 4) is 22.7 Å². The number of rotatable bonds is 2. The summed E-state index contributed by atoms with van der Waals surface area (Å²) in [5, 5.41) is 4.19. The highest BCUT2D eigenvalue weighted by Gasteiger charge is 2.25. The molecule has 4 rings (SSSR count). The Labute approximate surface area is 155 Å². The molecule has 2 aromatic heterocycles. The molecule has 0 atom stereocenters. The summed E-state index contributed by atoms with van der Waals surface area (Å²) in [6.07, 6.45) is 0. The van der Waals surface area contributed by atoms with Gasteiger partial charge in [-0.1, -0.05) is 38.1 Å². The summed E-state index contributed by atoms with van der Waals surface area (Å²) >= 11 is 0. The minimum Gasteiger partial charge on any atom is -0.352 e. The molecule has 0 fully saturated rings. The molecule has 27 heavy (non-hydrogen) atoms. The molecule has 6 heteroatoms. The zero-order chi connectivity index (χ0) is 19.3. The molecule has 0 radical (unpaired) electrons. The molecule has 0 aliphatic heterocycles. The maximum atomic E-state index is 14.1. The Kier molecular flexibility index (Phi) is 3.87. The van der Waals surface area contributed by atoms with E-state index in [-0.39, 0.29) is 11.0 Å². The Bertz CT molecular complexity index is 1130. The van der Waals surface area contributed by atoms with E-state index in [0.29, 0.717) is 22.7 Å². The predicted molar refractivity (Wildman–Crippen MR) is 100 cm³/mol. The van der Waals surface area contributed by atoms with Gasteiger partial charge in [-0.3, -0.25) is 0 Å². The first-order valence-corrected chi connectivity index (χ1v) is 8.67. The van der Waals surface area contributed by atoms with E-state index < -0.39 is 11.6 Å². The molecule has 0 unspecified atom stereocenters. The number of H-pyrrole nitrogens is 1. The molecular weight excluding hydrogens is 348 g/mol. The van der Waals surface area contributed by atoms with Crippen LogP contribution in [0.25, 0.3) is 33.7 Å². The molecule has 0 aliphatic rings. The molecule has 0 saturated heterocycles. The number of imidazole rings is 1. The van der Waals surface area contributed by atoms with Gasteiger partial charge < -0.3 is 9.51 Å². The Hall–Kier alpha value is -3.02. The molecule has 0 spiro atoms. The van der Waals surface area contributed by atoms with Gasteiger partial charge in [-0.15, -0.1) is 0 Å². The first-order chi connectivity index (χ1) is 12.8. The van der Waals surface area contributed by atoms with E-state index in [4.69, 9.17) is 4.52 Å². The topological polar surface area (TPSA) is 54.7 Å². The Balaban J connectivity index is 1.82. The second-order valence-corrected chi connectivity index (χ2v) is 7.65. The summed E-state index contributed by atoms with van der Waals surface area (Å²) in [5.41, 5.74) is 3.36. The lowest BCUT2D eigenvalue weighted by Gasteiger charge is -2.14. The fourth-order valence-corrected chi connectivity index (χ4v) is 3.30. The van der Waals surface area contributed by atoms with Crippen molar-refractivity contribution in [2.45, 2.75) is 33.1 Å². The van der Waals surface area contributed by atoms with Crippen molar-refractivity contribution in [2.75, 3.05) is 0 Å². The van der Waals surface area contributed by atoms with Gasteiger partial charge in [0.25, 0.3) is 0 Å². The van der Waals surface area contributed by atoms with Crippen LogP contribution >= 0.6 is 0 Å². The number of hydrogen-bond acceptors (Lipinski definition) is 3. The molecule has 4 aromatic rings. The molecule has 0 amide bonds. The molecule has 1 N–H and O–H groups in total. The van der Waals surface area contributed by atoms with Crippen LogP contribution < -0.4 is 0 Å². The third-order valence-electron chi connectivity index (χ3n) is 4.58. The largest absolute Gasteiger partial charge is 0.352 e. The standard InChI is InChI=1S/C21H19F2N3O/c1-11-18(27-26-19(11)21(2,3)4)20-24-15-9-8-12(10-16(15)25-20)17-13(22)6-5-7-14(17)23/h5-10H,1-4H3,(H,24,25). The van der Waals surface area contributed by atoms with E-state index in [1.54, 1.807) is 18.2 Å². The van der Waals surface area contributed by atoms with Crippen LogP contribution in [-0.4, -0.2) is 15.1 Å². The number of aromatic nitrogens is 3. The normalized spacial score (nSPS) is 12.1. The highest BCUT2D eigenvalue weighted by Crippen LogP contribution is 2.33. The van der Waals surface area contributed by atoms with Gasteiger partial charge in [0.2, 0.25) is 5.76 Å². The number of aromatic amines is 1. The number of benzene rings is 2. The van der Waals surface area contributed by atoms with Crippen LogP contribution in [0, 0.1) is 18.6 Å². The average Bonchev–Trinajstić information content (AvgIpc) is 3.16. The highest BCUT2D eigenvalue weighted by atomic mass is 19.1. The van der Waals surface area contributed by atoms with Crippen molar-refractivity contribution in [3.63, 3.8) is 0 Å². The van der Waals surface area contributed by atoms with E-state index in [1.165, 1.54) is 18.2 Å². The van der Waals surface area contributed by atoms with Gasteiger partial charge in [-0.2, -0.15) is 0 Å². The maximum absolute atomic E-state index is 14.1. The number of nitrogens with one attached hydrogen (secondary N) is 1. The molecule has 4 nitrogen and oxygen atoms in total. The summed E-state index contributed by atoms with van der Waals surface area (Å²) in [6, 6.07) is 8.91. The van der Waals surface area contributed by atoms with Gasteiger partial charge >= 0.3 is 0 Å². The predicted octanol–water partition coefficient (Wildman–Crippen LogP) is 5.77. The molecule has 2 heterocycles. The number of fused-ring (bicyclic) bond motifs is 1. The van der Waals surface area contributed by atoms with Crippen LogP contribution in [0.15, 0.2) is 40.9 Å². The quantitative estimate of drug-likeness (QED) is 0.489. The van der Waals surface area contributed by atoms with Gasteiger partial charge in [-0.25, -0.2) is 13.8 Å². The number of halogens is 2. The summed E-state index contributed by atoms with van der Waals surface area (Å²) < 4.78 is 33.7. The minimum atomic E-state index is -0.606. The van der Waals surface area contributed by atoms with E-state index in [0.717, 1.165) is 16.8 Å². The van der Waals surface area contributed by atoms with Crippen LogP contribution in [0.3, 0.4) is 0 Å². The highest BCUT2D eigenvalue weighted by molar-refractivity contribution is 5.84. The second-order valence-electron chi connectivity index (χ2n) is 7.65. The maximum Gasteiger partial charge on any atom is 0.205 e. The third-order valence-corrected chi connectivity index (χ3v) is 4.58. The van der Waals surface area contributed by atoms with Crippen molar-refractivity contribution >= 4 is 11.0 Å². The van der Waals surface area contributed by atoms with Crippen LogP contribution in [0.2, 0.25) is 0 Å². The lowest BCUT2D eigenvalue weighted by molar-refractivity contribution is 0.401. The monoisotopic (exact) mass is 367 g/mol. The lowest BCUT2D eigenvalue weighted by Crippen LogP contribution is -2.13. The summed E-state index contributed by atoms with van der Waals surface area (Å²) in [6.45, 7) is 8.14. The molecule has 2 aromatic carbocycles. The number of nitrogens with zero attached hydrogens (tertiary/aromatic N) is 2. The van der Waals surface area contributed by atoms with Gasteiger partial charge in [0.1, 0.15) is 11.6 Å². The number of hydrogen-bond donors (Lipinski definition) is 1. The molecule has 0 saturated carbocycles. The molecular formula is C21H19F2N3O. The van der Waals surface area contributed by atoms with E-state index in [9.17, 15) is 8.78 Å². The minimum absolute atomic E-state index is 0.0604. The zero-order valence-corrected chi connectivity index (χ0v) is 15.5. The van der Waals surface area contributed by atoms with Gasteiger partial charge in [0, 0.05) is 11.0 Å². The van der Waals surface area contributed by atoms with Crippen LogP contribution in [0.1, 0.15) is 32.0 Å². The average molecular weight is 367 g/mol. The lowest BCUT2D eigenvalue weighted by atomic mass is 9.89. The van der Waals surface area contributed by atoms with E-state index in [1.807, 2.05) is 6.92 Å². The molecule has 0 aliphatic carbocycles. The van der Waals surface area contributed by atoms with Gasteiger partial charge in [-0.05, 0) is 36.8 Å². The van der Waals surface area contributed by atoms with Crippen molar-refractivity contribution in [1.29, 1.82) is 0 Å². The SMILES string of the molecule is Cc1c(C(C)(C)C)noc1-c1nc2cc(-c3c(F)cccc3F)ccc2[nH]1. The van der Waals surface area contributed by atoms with Crippen LogP contribution in [0.4, 0.5) is 8.78 Å². The van der Waals surface area contributed by atoms with Crippen molar-refractivity contribution in [1.82, 2.24) is 15.1 Å². The van der Waals surface area contributed by atoms with E-state index in [2.05, 4.69) is 35.9 Å². The van der Waals surface area contributed by atoms with Crippen molar-refractivity contribution in [2.24, 2.45) is 0 Å². The van der Waals surface area contributed by atoms with Crippen molar-refractivity contribution in [3.05, 3.63) is 59.3 Å². The fourth-order valence-electron chi connectivity index (χ4n) is 3.30. The Morgan fingerprint density at radius 1 is 1.04 bits per heavy atom. The smallest absolute Gasteiger partial charge is 0.205 e. The third kappa shape index (κ3) is 2.91. The van der Waals surface area contributed by atoms with Crippen LogP contribution in [-0.2, 0) is 5.41 Å². The molecule has 0 bridgehead atoms. The molecule has 138 valence electrons. The summed E-state index contributed by atoms with van der Waals surface area (Å²) in [7, 11) is 0.